The first-order chi connectivity index (χ1) is 12.2. The van der Waals surface area contributed by atoms with E-state index in [1.54, 1.807) is 14.2 Å². The molecular weight excluding hydrogens is 332 g/mol. The van der Waals surface area contributed by atoms with Gasteiger partial charge in [-0.05, 0) is 40.7 Å². The summed E-state index contributed by atoms with van der Waals surface area (Å²) in [7, 11) is 3.25. The SMILES string of the molecule is COc1ccc(OC)c(NC(=S)NCc2cccc3ccccc23)c1. The van der Waals surface area contributed by atoms with Crippen LogP contribution in [0.15, 0.2) is 60.7 Å². The third kappa shape index (κ3) is 4.00. The van der Waals surface area contributed by atoms with Gasteiger partial charge in [-0.2, -0.15) is 0 Å². The van der Waals surface area contributed by atoms with Crippen molar-refractivity contribution in [1.29, 1.82) is 0 Å². The van der Waals surface area contributed by atoms with Crippen molar-refractivity contribution in [3.8, 4) is 11.5 Å². The Bertz CT molecular complexity index is 891. The molecule has 0 saturated heterocycles. The Labute approximate surface area is 152 Å². The van der Waals surface area contributed by atoms with Crippen LogP contribution in [-0.4, -0.2) is 19.3 Å². The number of thiocarbonyl (C=S) groups is 1. The highest BCUT2D eigenvalue weighted by molar-refractivity contribution is 7.80. The fourth-order valence-electron chi connectivity index (χ4n) is 2.70. The molecular formula is C20H20N2O2S. The zero-order chi connectivity index (χ0) is 17.6. The van der Waals surface area contributed by atoms with Crippen molar-refractivity contribution >= 4 is 33.8 Å². The van der Waals surface area contributed by atoms with Crippen molar-refractivity contribution in [2.24, 2.45) is 0 Å². The maximum atomic E-state index is 5.43. The second-order valence-corrected chi connectivity index (χ2v) is 5.92. The molecule has 0 fully saturated rings. The van der Waals surface area contributed by atoms with Crippen molar-refractivity contribution in [2.45, 2.75) is 6.54 Å². The van der Waals surface area contributed by atoms with Gasteiger partial charge < -0.3 is 20.1 Å². The number of hydrogen-bond donors (Lipinski definition) is 2. The highest BCUT2D eigenvalue weighted by Gasteiger charge is 2.07. The average Bonchev–Trinajstić information content (AvgIpc) is 2.66. The lowest BCUT2D eigenvalue weighted by atomic mass is 10.0. The molecule has 3 aromatic carbocycles. The van der Waals surface area contributed by atoms with E-state index >= 15 is 0 Å². The van der Waals surface area contributed by atoms with E-state index in [0.717, 1.165) is 11.4 Å². The van der Waals surface area contributed by atoms with Crippen LogP contribution in [-0.2, 0) is 6.54 Å². The van der Waals surface area contributed by atoms with Gasteiger partial charge in [0.1, 0.15) is 11.5 Å². The van der Waals surface area contributed by atoms with E-state index in [1.165, 1.54) is 16.3 Å². The van der Waals surface area contributed by atoms with Crippen LogP contribution in [0.25, 0.3) is 10.8 Å². The number of benzene rings is 3. The summed E-state index contributed by atoms with van der Waals surface area (Å²) in [4.78, 5) is 0. The number of methoxy groups -OCH3 is 2. The summed E-state index contributed by atoms with van der Waals surface area (Å²) in [6.07, 6.45) is 0. The first-order valence-electron chi connectivity index (χ1n) is 7.95. The fraction of sp³-hybridized carbons (Fsp3) is 0.150. The lowest BCUT2D eigenvalue weighted by molar-refractivity contribution is 0.405. The van der Waals surface area contributed by atoms with Gasteiger partial charge >= 0.3 is 0 Å². The zero-order valence-electron chi connectivity index (χ0n) is 14.2. The number of rotatable bonds is 5. The molecule has 2 N–H and O–H groups in total. The minimum Gasteiger partial charge on any atom is -0.497 e. The molecule has 0 unspecified atom stereocenters. The second-order valence-electron chi connectivity index (χ2n) is 5.51. The highest BCUT2D eigenvalue weighted by atomic mass is 32.1. The van der Waals surface area contributed by atoms with E-state index in [1.807, 2.05) is 30.3 Å². The van der Waals surface area contributed by atoms with Crippen LogP contribution in [0.3, 0.4) is 0 Å². The molecule has 3 rings (SSSR count). The summed E-state index contributed by atoms with van der Waals surface area (Å²) in [5, 5.41) is 9.39. The van der Waals surface area contributed by atoms with E-state index in [-0.39, 0.29) is 0 Å². The summed E-state index contributed by atoms with van der Waals surface area (Å²) in [6.45, 7) is 0.638. The van der Waals surface area contributed by atoms with E-state index < -0.39 is 0 Å². The van der Waals surface area contributed by atoms with E-state index in [2.05, 4.69) is 41.0 Å². The Hall–Kier alpha value is -2.79. The Morgan fingerprint density at radius 2 is 1.76 bits per heavy atom. The molecule has 0 aliphatic carbocycles. The highest BCUT2D eigenvalue weighted by Crippen LogP contribution is 2.28. The van der Waals surface area contributed by atoms with Crippen LogP contribution in [0.5, 0.6) is 11.5 Å². The van der Waals surface area contributed by atoms with Crippen molar-refractivity contribution in [3.05, 3.63) is 66.2 Å². The van der Waals surface area contributed by atoms with E-state index in [9.17, 15) is 0 Å². The Balaban J connectivity index is 1.71. The number of hydrogen-bond acceptors (Lipinski definition) is 3. The Morgan fingerprint density at radius 1 is 0.960 bits per heavy atom. The molecule has 0 bridgehead atoms. The van der Waals surface area contributed by atoms with E-state index in [0.29, 0.717) is 17.4 Å². The van der Waals surface area contributed by atoms with Crippen molar-refractivity contribution in [3.63, 3.8) is 0 Å². The van der Waals surface area contributed by atoms with Gasteiger partial charge in [0.25, 0.3) is 0 Å². The molecule has 0 aliphatic rings. The Morgan fingerprint density at radius 3 is 2.56 bits per heavy atom. The standard InChI is InChI=1S/C20H20N2O2S/c1-23-16-10-11-19(24-2)18(12-16)22-20(25)21-13-15-8-5-7-14-6-3-4-9-17(14)15/h3-12H,13H2,1-2H3,(H2,21,22,25). The zero-order valence-corrected chi connectivity index (χ0v) is 15.0. The monoisotopic (exact) mass is 352 g/mol. The molecule has 0 atom stereocenters. The van der Waals surface area contributed by atoms with Gasteiger partial charge in [-0.1, -0.05) is 42.5 Å². The van der Waals surface area contributed by atoms with Crippen molar-refractivity contribution in [2.75, 3.05) is 19.5 Å². The lowest BCUT2D eigenvalue weighted by Gasteiger charge is -2.15. The maximum Gasteiger partial charge on any atom is 0.171 e. The number of fused-ring (bicyclic) bond motifs is 1. The largest absolute Gasteiger partial charge is 0.497 e. The van der Waals surface area contributed by atoms with Crippen LogP contribution >= 0.6 is 12.2 Å². The van der Waals surface area contributed by atoms with Crippen LogP contribution < -0.4 is 20.1 Å². The fourth-order valence-corrected chi connectivity index (χ4v) is 2.88. The minimum atomic E-state index is 0.527. The summed E-state index contributed by atoms with van der Waals surface area (Å²) in [5.41, 5.74) is 1.96. The Kier molecular flexibility index (Phi) is 5.36. The van der Waals surface area contributed by atoms with Gasteiger partial charge in [-0.25, -0.2) is 0 Å². The predicted octanol–water partition coefficient (Wildman–Crippen LogP) is 4.34. The molecule has 5 heteroatoms. The van der Waals surface area contributed by atoms with Gasteiger partial charge in [0.05, 0.1) is 19.9 Å². The third-order valence-corrected chi connectivity index (χ3v) is 4.22. The van der Waals surface area contributed by atoms with Gasteiger partial charge in [0, 0.05) is 12.6 Å². The van der Waals surface area contributed by atoms with Gasteiger partial charge in [-0.15, -0.1) is 0 Å². The molecule has 0 aliphatic heterocycles. The van der Waals surface area contributed by atoms with Gasteiger partial charge in [-0.3, -0.25) is 0 Å². The second kappa shape index (κ2) is 7.85. The average molecular weight is 352 g/mol. The first kappa shape index (κ1) is 17.0. The van der Waals surface area contributed by atoms with Crippen LogP contribution in [0.1, 0.15) is 5.56 Å². The normalized spacial score (nSPS) is 10.3. The topological polar surface area (TPSA) is 42.5 Å². The number of ether oxygens (including phenoxy) is 2. The number of nitrogens with one attached hydrogen (secondary N) is 2. The van der Waals surface area contributed by atoms with Crippen molar-refractivity contribution < 1.29 is 9.47 Å². The van der Waals surface area contributed by atoms with Crippen molar-refractivity contribution in [1.82, 2.24) is 5.32 Å². The molecule has 128 valence electrons. The van der Waals surface area contributed by atoms with Gasteiger partial charge in [0.2, 0.25) is 0 Å². The molecule has 3 aromatic rings. The first-order valence-corrected chi connectivity index (χ1v) is 8.35. The summed E-state index contributed by atoms with van der Waals surface area (Å²) in [5.74, 6) is 1.44. The molecule has 25 heavy (non-hydrogen) atoms. The lowest BCUT2D eigenvalue weighted by Crippen LogP contribution is -2.28. The summed E-state index contributed by atoms with van der Waals surface area (Å²) < 4.78 is 10.6. The third-order valence-electron chi connectivity index (χ3n) is 3.97. The quantitative estimate of drug-likeness (QED) is 0.669. The molecule has 0 amide bonds. The molecule has 0 saturated carbocycles. The van der Waals surface area contributed by atoms with E-state index in [4.69, 9.17) is 21.7 Å². The minimum absolute atomic E-state index is 0.527. The predicted molar refractivity (Wildman–Crippen MR) is 107 cm³/mol. The maximum absolute atomic E-state index is 5.43. The van der Waals surface area contributed by atoms with Crippen LogP contribution in [0.2, 0.25) is 0 Å². The number of anilines is 1. The molecule has 0 heterocycles. The summed E-state index contributed by atoms with van der Waals surface area (Å²) >= 11 is 5.43. The summed E-state index contributed by atoms with van der Waals surface area (Å²) in [6, 6.07) is 20.1. The molecule has 4 nitrogen and oxygen atoms in total. The van der Waals surface area contributed by atoms with Crippen LogP contribution in [0, 0.1) is 0 Å². The molecule has 0 radical (unpaired) electrons. The van der Waals surface area contributed by atoms with Gasteiger partial charge in [0.15, 0.2) is 5.11 Å². The smallest absolute Gasteiger partial charge is 0.171 e. The van der Waals surface area contributed by atoms with Crippen LogP contribution in [0.4, 0.5) is 5.69 Å². The molecule has 0 aromatic heterocycles. The molecule has 0 spiro atoms.